The molecule has 0 aliphatic carbocycles. The molecule has 1 fully saturated rings. The van der Waals surface area contributed by atoms with Gasteiger partial charge in [0.2, 0.25) is 5.91 Å². The van der Waals surface area contributed by atoms with E-state index in [0.29, 0.717) is 18.1 Å². The summed E-state index contributed by atoms with van der Waals surface area (Å²) in [5.74, 6) is 0.958. The van der Waals surface area contributed by atoms with Crippen LogP contribution in [0.5, 0.6) is 5.75 Å². The summed E-state index contributed by atoms with van der Waals surface area (Å²) in [5.41, 5.74) is 4.38. The van der Waals surface area contributed by atoms with Crippen LogP contribution in [0.4, 0.5) is 0 Å². The second-order valence-corrected chi connectivity index (χ2v) is 8.43. The molecule has 3 aromatic rings. The molecule has 0 radical (unpaired) electrons. The Morgan fingerprint density at radius 2 is 1.79 bits per heavy atom. The van der Waals surface area contributed by atoms with Crippen molar-refractivity contribution in [1.82, 2.24) is 9.88 Å². The van der Waals surface area contributed by atoms with E-state index in [9.17, 15) is 9.90 Å². The number of hydrogen-bond donors (Lipinski definition) is 1. The maximum absolute atomic E-state index is 12.7. The van der Waals surface area contributed by atoms with Crippen LogP contribution >= 0.6 is 11.3 Å². The predicted octanol–water partition coefficient (Wildman–Crippen LogP) is 4.77. The number of hydrogen-bond acceptors (Lipinski definition) is 4. The molecule has 28 heavy (non-hydrogen) atoms. The molecule has 1 aromatic heterocycles. The molecule has 1 N–H and O–H groups in total. The molecule has 2 heterocycles. The Morgan fingerprint density at radius 3 is 2.39 bits per heavy atom. The summed E-state index contributed by atoms with van der Waals surface area (Å²) < 4.78 is 0. The van der Waals surface area contributed by atoms with Gasteiger partial charge in [-0.3, -0.25) is 4.79 Å². The zero-order valence-electron chi connectivity index (χ0n) is 16.0. The molecular formula is C23H24N2O2S. The average molecular weight is 393 g/mol. The lowest BCUT2D eigenvalue weighted by atomic mass is 9.89. The van der Waals surface area contributed by atoms with E-state index in [4.69, 9.17) is 0 Å². The van der Waals surface area contributed by atoms with Gasteiger partial charge in [0.05, 0.1) is 17.1 Å². The topological polar surface area (TPSA) is 53.4 Å². The summed E-state index contributed by atoms with van der Waals surface area (Å²) in [5, 5.41) is 12.6. The lowest BCUT2D eigenvalue weighted by Crippen LogP contribution is -2.38. The van der Waals surface area contributed by atoms with Gasteiger partial charge in [-0.05, 0) is 48.9 Å². The Balaban J connectivity index is 1.32. The number of nitrogens with zero attached hydrogens (tertiary/aromatic N) is 2. The number of aryl methyl sites for hydroxylation is 1. The maximum atomic E-state index is 12.7. The molecule has 4 nitrogen and oxygen atoms in total. The van der Waals surface area contributed by atoms with Crippen molar-refractivity contribution in [2.45, 2.75) is 32.1 Å². The van der Waals surface area contributed by atoms with Crippen LogP contribution in [0.2, 0.25) is 0 Å². The molecule has 144 valence electrons. The van der Waals surface area contributed by atoms with Gasteiger partial charge in [-0.1, -0.05) is 36.4 Å². The SMILES string of the molecule is Cc1nc(-c2ccc(CC(=O)N3CCC(c4ccc(O)cc4)CC3)cc2)cs1. The lowest BCUT2D eigenvalue weighted by molar-refractivity contribution is -0.131. The molecule has 5 heteroatoms. The van der Waals surface area contributed by atoms with E-state index in [1.54, 1.807) is 23.5 Å². The molecule has 0 spiro atoms. The number of benzene rings is 2. The van der Waals surface area contributed by atoms with Crippen LogP contribution in [0.1, 0.15) is 34.9 Å². The third-order valence-corrected chi connectivity index (χ3v) is 6.21. The van der Waals surface area contributed by atoms with Crippen molar-refractivity contribution >= 4 is 17.2 Å². The van der Waals surface area contributed by atoms with Gasteiger partial charge in [-0.15, -0.1) is 11.3 Å². The highest BCUT2D eigenvalue weighted by molar-refractivity contribution is 7.09. The average Bonchev–Trinajstić information content (AvgIpc) is 3.15. The first-order valence-electron chi connectivity index (χ1n) is 9.66. The van der Waals surface area contributed by atoms with Crippen LogP contribution < -0.4 is 0 Å². The van der Waals surface area contributed by atoms with Crippen molar-refractivity contribution in [3.63, 3.8) is 0 Å². The summed E-state index contributed by atoms with van der Waals surface area (Å²) in [6.07, 6.45) is 2.39. The molecular weight excluding hydrogens is 368 g/mol. The quantitative estimate of drug-likeness (QED) is 0.696. The Morgan fingerprint density at radius 1 is 1.11 bits per heavy atom. The fourth-order valence-electron chi connectivity index (χ4n) is 3.78. The highest BCUT2D eigenvalue weighted by Gasteiger charge is 2.23. The molecule has 0 atom stereocenters. The number of aromatic nitrogens is 1. The first-order valence-corrected chi connectivity index (χ1v) is 10.5. The molecule has 1 amide bonds. The Hall–Kier alpha value is -2.66. The number of carbonyl (C=O) groups is 1. The van der Waals surface area contributed by atoms with Crippen LogP contribution in [-0.4, -0.2) is 34.0 Å². The molecule has 1 aliphatic rings. The second kappa shape index (κ2) is 8.15. The number of amides is 1. The Labute approximate surface area is 169 Å². The van der Waals surface area contributed by atoms with Gasteiger partial charge in [0, 0.05) is 24.0 Å². The smallest absolute Gasteiger partial charge is 0.226 e. The monoisotopic (exact) mass is 392 g/mol. The normalized spacial score (nSPS) is 15.0. The van der Waals surface area contributed by atoms with Gasteiger partial charge in [0.15, 0.2) is 0 Å². The van der Waals surface area contributed by atoms with Crippen molar-refractivity contribution in [1.29, 1.82) is 0 Å². The van der Waals surface area contributed by atoms with Crippen LogP contribution in [0, 0.1) is 6.92 Å². The van der Waals surface area contributed by atoms with Gasteiger partial charge >= 0.3 is 0 Å². The summed E-state index contributed by atoms with van der Waals surface area (Å²) in [6, 6.07) is 15.6. The third-order valence-electron chi connectivity index (χ3n) is 5.44. The number of rotatable bonds is 4. The van der Waals surface area contributed by atoms with E-state index in [1.807, 2.05) is 48.2 Å². The zero-order valence-corrected chi connectivity index (χ0v) is 16.8. The fourth-order valence-corrected chi connectivity index (χ4v) is 4.41. The van der Waals surface area contributed by atoms with Crippen molar-refractivity contribution in [2.75, 3.05) is 13.1 Å². The van der Waals surface area contributed by atoms with Gasteiger partial charge < -0.3 is 10.0 Å². The molecule has 0 unspecified atom stereocenters. The number of phenols is 1. The summed E-state index contributed by atoms with van der Waals surface area (Å²) in [6.45, 7) is 3.59. The number of likely N-dealkylation sites (tertiary alicyclic amines) is 1. The molecule has 4 rings (SSSR count). The minimum atomic E-state index is 0.196. The molecule has 0 bridgehead atoms. The maximum Gasteiger partial charge on any atom is 0.226 e. The van der Waals surface area contributed by atoms with Crippen LogP contribution in [0.3, 0.4) is 0 Å². The highest BCUT2D eigenvalue weighted by Crippen LogP contribution is 2.29. The van der Waals surface area contributed by atoms with Crippen LogP contribution in [0.25, 0.3) is 11.3 Å². The van der Waals surface area contributed by atoms with Crippen molar-refractivity contribution in [3.8, 4) is 17.0 Å². The number of phenolic OH excluding ortho intramolecular Hbond substituents is 1. The highest BCUT2D eigenvalue weighted by atomic mass is 32.1. The van der Waals surface area contributed by atoms with Crippen LogP contribution in [-0.2, 0) is 11.2 Å². The Kier molecular flexibility index (Phi) is 5.44. The van der Waals surface area contributed by atoms with E-state index in [1.165, 1.54) is 5.56 Å². The van der Waals surface area contributed by atoms with Gasteiger partial charge in [0.25, 0.3) is 0 Å². The molecule has 2 aromatic carbocycles. The van der Waals surface area contributed by atoms with E-state index in [2.05, 4.69) is 10.4 Å². The first-order chi connectivity index (χ1) is 13.6. The largest absolute Gasteiger partial charge is 0.508 e. The van der Waals surface area contributed by atoms with E-state index >= 15 is 0 Å². The van der Waals surface area contributed by atoms with Crippen molar-refractivity contribution in [3.05, 3.63) is 70.0 Å². The number of thiazole rings is 1. The fraction of sp³-hybridized carbons (Fsp3) is 0.304. The molecule has 0 saturated carbocycles. The molecule has 1 saturated heterocycles. The van der Waals surface area contributed by atoms with Crippen LogP contribution in [0.15, 0.2) is 53.9 Å². The zero-order chi connectivity index (χ0) is 19.5. The second-order valence-electron chi connectivity index (χ2n) is 7.37. The molecule has 1 aliphatic heterocycles. The van der Waals surface area contributed by atoms with E-state index in [0.717, 1.165) is 47.8 Å². The first kappa shape index (κ1) is 18.7. The standard InChI is InChI=1S/C23H24N2O2S/c1-16-24-22(15-28-16)20-4-2-17(3-5-20)14-23(27)25-12-10-19(11-13-25)18-6-8-21(26)9-7-18/h2-9,15,19,26H,10-14H2,1H3. The summed E-state index contributed by atoms with van der Waals surface area (Å²) in [4.78, 5) is 19.2. The number of carbonyl (C=O) groups excluding carboxylic acids is 1. The lowest BCUT2D eigenvalue weighted by Gasteiger charge is -2.32. The minimum Gasteiger partial charge on any atom is -0.508 e. The van der Waals surface area contributed by atoms with Gasteiger partial charge in [0.1, 0.15) is 5.75 Å². The van der Waals surface area contributed by atoms with Crippen molar-refractivity contribution in [2.24, 2.45) is 0 Å². The van der Waals surface area contributed by atoms with Gasteiger partial charge in [-0.2, -0.15) is 0 Å². The minimum absolute atomic E-state index is 0.196. The number of aromatic hydroxyl groups is 1. The van der Waals surface area contributed by atoms with Crippen molar-refractivity contribution < 1.29 is 9.90 Å². The summed E-state index contributed by atoms with van der Waals surface area (Å²) >= 11 is 1.65. The third kappa shape index (κ3) is 4.25. The summed E-state index contributed by atoms with van der Waals surface area (Å²) in [7, 11) is 0. The van der Waals surface area contributed by atoms with E-state index in [-0.39, 0.29) is 5.91 Å². The van der Waals surface area contributed by atoms with Gasteiger partial charge in [-0.25, -0.2) is 4.98 Å². The Bertz CT molecular complexity index is 939. The van der Waals surface area contributed by atoms with E-state index < -0.39 is 0 Å². The predicted molar refractivity (Wildman–Crippen MR) is 113 cm³/mol. The number of piperidine rings is 1.